The van der Waals surface area contributed by atoms with Crippen molar-refractivity contribution in [2.45, 2.75) is 4.90 Å². The fourth-order valence-electron chi connectivity index (χ4n) is 3.46. The number of nitrogens with zero attached hydrogens (tertiary/aromatic N) is 2. The minimum absolute atomic E-state index is 0.0788. The van der Waals surface area contributed by atoms with Crippen LogP contribution in [0.5, 0.6) is 5.75 Å². The van der Waals surface area contributed by atoms with Crippen LogP contribution in [0.15, 0.2) is 65.6 Å². The van der Waals surface area contributed by atoms with Crippen LogP contribution in [0.2, 0.25) is 5.02 Å². The smallest absolute Gasteiger partial charge is 0.257 e. The summed E-state index contributed by atoms with van der Waals surface area (Å²) < 4.78 is 26.9. The Morgan fingerprint density at radius 1 is 0.897 bits per heavy atom. The minimum Gasteiger partial charge on any atom is -0.507 e. The maximum atomic E-state index is 12.9. The van der Waals surface area contributed by atoms with Crippen LogP contribution < -0.4 is 0 Å². The van der Waals surface area contributed by atoms with Crippen molar-refractivity contribution in [1.82, 2.24) is 9.21 Å². The molecule has 29 heavy (non-hydrogen) atoms. The number of hydrogen-bond donors (Lipinski definition) is 1. The molecule has 0 aliphatic carbocycles. The quantitative estimate of drug-likeness (QED) is 0.691. The number of sulfonamides is 1. The van der Waals surface area contributed by atoms with Crippen molar-refractivity contribution in [3.8, 4) is 5.75 Å². The van der Waals surface area contributed by atoms with Crippen LogP contribution in [0.4, 0.5) is 0 Å². The Kier molecular flexibility index (Phi) is 5.21. The van der Waals surface area contributed by atoms with E-state index in [-0.39, 0.29) is 48.3 Å². The van der Waals surface area contributed by atoms with E-state index >= 15 is 0 Å². The standard InChI is InChI=1S/C21H19ClN2O4S/c22-17-5-7-18(8-6-17)29(27,28)24-11-9-23(10-12-24)21(26)19-13-15-3-1-2-4-16(15)14-20(19)25/h1-8,13-14,25H,9-12H2. The first-order chi connectivity index (χ1) is 13.9. The van der Waals surface area contributed by atoms with Gasteiger partial charge in [-0.25, -0.2) is 8.42 Å². The van der Waals surface area contributed by atoms with E-state index in [2.05, 4.69) is 0 Å². The number of hydrogen-bond acceptors (Lipinski definition) is 4. The van der Waals surface area contributed by atoms with E-state index in [4.69, 9.17) is 11.6 Å². The highest BCUT2D eigenvalue weighted by Gasteiger charge is 2.31. The molecular weight excluding hydrogens is 412 g/mol. The number of phenolic OH excluding ortho intramolecular Hbond substituents is 1. The van der Waals surface area contributed by atoms with Crippen molar-refractivity contribution < 1.29 is 18.3 Å². The topological polar surface area (TPSA) is 77.9 Å². The third kappa shape index (κ3) is 3.81. The molecule has 8 heteroatoms. The first-order valence-corrected chi connectivity index (χ1v) is 10.9. The second-order valence-electron chi connectivity index (χ2n) is 6.87. The first-order valence-electron chi connectivity index (χ1n) is 9.13. The molecule has 0 radical (unpaired) electrons. The van der Waals surface area contributed by atoms with Gasteiger partial charge in [-0.15, -0.1) is 0 Å². The van der Waals surface area contributed by atoms with Gasteiger partial charge in [0.1, 0.15) is 5.75 Å². The van der Waals surface area contributed by atoms with Crippen LogP contribution in [0, 0.1) is 0 Å². The lowest BCUT2D eigenvalue weighted by atomic mass is 10.0. The maximum absolute atomic E-state index is 12.9. The average Bonchev–Trinajstić information content (AvgIpc) is 2.73. The Hall–Kier alpha value is -2.61. The largest absolute Gasteiger partial charge is 0.507 e. The molecule has 4 rings (SSSR count). The van der Waals surface area contributed by atoms with Crippen LogP contribution in [-0.2, 0) is 10.0 Å². The van der Waals surface area contributed by atoms with Gasteiger partial charge in [0.15, 0.2) is 0 Å². The van der Waals surface area contributed by atoms with E-state index in [0.717, 1.165) is 10.8 Å². The molecule has 150 valence electrons. The summed E-state index contributed by atoms with van der Waals surface area (Å²) in [5.41, 5.74) is 0.220. The Morgan fingerprint density at radius 3 is 2.10 bits per heavy atom. The predicted molar refractivity (Wildman–Crippen MR) is 112 cm³/mol. The van der Waals surface area contributed by atoms with E-state index in [1.807, 2.05) is 24.3 Å². The maximum Gasteiger partial charge on any atom is 0.257 e. The lowest BCUT2D eigenvalue weighted by Crippen LogP contribution is -2.50. The molecule has 3 aromatic carbocycles. The Balaban J connectivity index is 1.50. The molecule has 0 unspecified atom stereocenters. The predicted octanol–water partition coefficient (Wildman–Crippen LogP) is 3.35. The molecule has 1 heterocycles. The normalized spacial score (nSPS) is 15.6. The van der Waals surface area contributed by atoms with E-state index < -0.39 is 10.0 Å². The van der Waals surface area contributed by atoms with Gasteiger partial charge in [-0.05, 0) is 47.2 Å². The molecule has 1 aliphatic heterocycles. The molecule has 1 saturated heterocycles. The molecule has 0 bridgehead atoms. The zero-order chi connectivity index (χ0) is 20.6. The highest BCUT2D eigenvalue weighted by molar-refractivity contribution is 7.89. The summed E-state index contributed by atoms with van der Waals surface area (Å²) in [6.07, 6.45) is 0. The van der Waals surface area contributed by atoms with Gasteiger partial charge in [-0.2, -0.15) is 4.31 Å². The minimum atomic E-state index is -3.64. The zero-order valence-electron chi connectivity index (χ0n) is 15.5. The van der Waals surface area contributed by atoms with E-state index in [1.165, 1.54) is 28.6 Å². The molecule has 0 atom stereocenters. The number of carbonyl (C=O) groups excluding carboxylic acids is 1. The summed E-state index contributed by atoms with van der Waals surface area (Å²) in [5, 5.41) is 12.5. The number of piperazine rings is 1. The van der Waals surface area contributed by atoms with Gasteiger partial charge >= 0.3 is 0 Å². The monoisotopic (exact) mass is 430 g/mol. The first kappa shape index (κ1) is 19.7. The van der Waals surface area contributed by atoms with Crippen molar-refractivity contribution in [3.05, 3.63) is 71.2 Å². The molecule has 1 N–H and O–H groups in total. The molecule has 3 aromatic rings. The molecule has 0 saturated carbocycles. The summed E-state index contributed by atoms with van der Waals surface area (Å²) in [5.74, 6) is -0.387. The Bertz CT molecular complexity index is 1170. The summed E-state index contributed by atoms with van der Waals surface area (Å²) in [7, 11) is -3.64. The lowest BCUT2D eigenvalue weighted by molar-refractivity contribution is 0.0695. The summed E-state index contributed by atoms with van der Waals surface area (Å²) in [6, 6.07) is 16.7. The van der Waals surface area contributed by atoms with Crippen molar-refractivity contribution in [1.29, 1.82) is 0 Å². The summed E-state index contributed by atoms with van der Waals surface area (Å²) in [4.78, 5) is 14.7. The van der Waals surface area contributed by atoms with Crippen LogP contribution in [0.25, 0.3) is 10.8 Å². The van der Waals surface area contributed by atoms with Crippen molar-refractivity contribution in [3.63, 3.8) is 0 Å². The number of rotatable bonds is 3. The van der Waals surface area contributed by atoms with E-state index in [0.29, 0.717) is 5.02 Å². The van der Waals surface area contributed by atoms with Gasteiger partial charge < -0.3 is 10.0 Å². The van der Waals surface area contributed by atoms with E-state index in [9.17, 15) is 18.3 Å². The Morgan fingerprint density at radius 2 is 1.48 bits per heavy atom. The van der Waals surface area contributed by atoms with Crippen LogP contribution >= 0.6 is 11.6 Å². The van der Waals surface area contributed by atoms with Crippen molar-refractivity contribution >= 4 is 38.3 Å². The third-order valence-electron chi connectivity index (χ3n) is 5.07. The number of phenols is 1. The van der Waals surface area contributed by atoms with Crippen LogP contribution in [0.1, 0.15) is 10.4 Å². The SMILES string of the molecule is O=C(c1cc2ccccc2cc1O)N1CCN(S(=O)(=O)c2ccc(Cl)cc2)CC1. The number of benzene rings is 3. The van der Waals surface area contributed by atoms with Gasteiger partial charge in [0.25, 0.3) is 5.91 Å². The van der Waals surface area contributed by atoms with Crippen LogP contribution in [-0.4, -0.2) is 54.8 Å². The third-order valence-corrected chi connectivity index (χ3v) is 7.24. The van der Waals surface area contributed by atoms with Gasteiger partial charge in [-0.3, -0.25) is 4.79 Å². The lowest BCUT2D eigenvalue weighted by Gasteiger charge is -2.34. The number of carbonyl (C=O) groups is 1. The number of amides is 1. The number of aromatic hydroxyl groups is 1. The van der Waals surface area contributed by atoms with Gasteiger partial charge in [0.05, 0.1) is 10.5 Å². The molecule has 6 nitrogen and oxygen atoms in total. The molecule has 1 aliphatic rings. The summed E-state index contributed by atoms with van der Waals surface area (Å²) >= 11 is 5.84. The fourth-order valence-corrected chi connectivity index (χ4v) is 5.01. The Labute approximate surface area is 174 Å². The van der Waals surface area contributed by atoms with Crippen LogP contribution in [0.3, 0.4) is 0 Å². The summed E-state index contributed by atoms with van der Waals surface area (Å²) in [6.45, 7) is 0.867. The average molecular weight is 431 g/mol. The number of fused-ring (bicyclic) bond motifs is 1. The fraction of sp³-hybridized carbons (Fsp3) is 0.190. The molecule has 0 spiro atoms. The van der Waals surface area contributed by atoms with Crippen molar-refractivity contribution in [2.24, 2.45) is 0 Å². The van der Waals surface area contributed by atoms with Gasteiger partial charge in [0.2, 0.25) is 10.0 Å². The zero-order valence-corrected chi connectivity index (χ0v) is 17.0. The van der Waals surface area contributed by atoms with Gasteiger partial charge in [0, 0.05) is 31.2 Å². The molecule has 1 fully saturated rings. The van der Waals surface area contributed by atoms with Crippen molar-refractivity contribution in [2.75, 3.05) is 26.2 Å². The highest BCUT2D eigenvalue weighted by Crippen LogP contribution is 2.27. The highest BCUT2D eigenvalue weighted by atomic mass is 35.5. The molecular formula is C21H19ClN2O4S. The van der Waals surface area contributed by atoms with Gasteiger partial charge in [-0.1, -0.05) is 35.9 Å². The molecule has 0 aromatic heterocycles. The molecule has 1 amide bonds. The second kappa shape index (κ2) is 7.67. The second-order valence-corrected chi connectivity index (χ2v) is 9.24. The van der Waals surface area contributed by atoms with E-state index in [1.54, 1.807) is 17.0 Å². The number of halogens is 1.